The number of carbonyl (C=O) groups is 1. The van der Waals surface area contributed by atoms with Gasteiger partial charge in [0.05, 0.1) is 5.60 Å². The van der Waals surface area contributed by atoms with Gasteiger partial charge in [-0.05, 0) is 41.7 Å². The molecule has 1 N–H and O–H groups in total. The lowest BCUT2D eigenvalue weighted by molar-refractivity contribution is -0.126. The second-order valence-corrected chi connectivity index (χ2v) is 6.46. The fourth-order valence-corrected chi connectivity index (χ4v) is 3.28. The van der Waals surface area contributed by atoms with E-state index in [-0.39, 0.29) is 11.5 Å². The van der Waals surface area contributed by atoms with E-state index in [1.807, 2.05) is 12.1 Å². The van der Waals surface area contributed by atoms with Crippen LogP contribution in [-0.4, -0.2) is 31.8 Å². The molecule has 0 atom stereocenters. The Kier molecular flexibility index (Phi) is 5.48. The number of benzene rings is 2. The van der Waals surface area contributed by atoms with E-state index in [1.54, 1.807) is 7.11 Å². The van der Waals surface area contributed by atoms with Crippen molar-refractivity contribution >= 4 is 16.7 Å². The predicted molar refractivity (Wildman–Crippen MR) is 94.8 cm³/mol. The number of nitrogens with one attached hydrogen (secondary N) is 1. The minimum absolute atomic E-state index is 0.0751. The van der Waals surface area contributed by atoms with Crippen LogP contribution in [0.1, 0.15) is 31.2 Å². The number of amides is 1. The third kappa shape index (κ3) is 4.13. The molecule has 1 heterocycles. The molecule has 0 bridgehead atoms. The van der Waals surface area contributed by atoms with Gasteiger partial charge in [-0.3, -0.25) is 4.79 Å². The van der Waals surface area contributed by atoms with Crippen molar-refractivity contribution in [3.63, 3.8) is 0 Å². The lowest BCUT2D eigenvalue weighted by Crippen LogP contribution is -2.39. The van der Waals surface area contributed by atoms with Gasteiger partial charge in [0.1, 0.15) is 0 Å². The molecule has 2 aromatic carbocycles. The first-order valence-electron chi connectivity index (χ1n) is 8.58. The van der Waals surface area contributed by atoms with Crippen LogP contribution in [0, 0.1) is 0 Å². The van der Waals surface area contributed by atoms with Crippen LogP contribution in [-0.2, 0) is 20.8 Å². The number of rotatable bonds is 6. The van der Waals surface area contributed by atoms with E-state index in [0.717, 1.165) is 24.8 Å². The van der Waals surface area contributed by atoms with E-state index in [2.05, 4.69) is 35.6 Å². The normalized spacial score (nSPS) is 16.9. The zero-order valence-electron chi connectivity index (χ0n) is 14.2. The molecule has 3 rings (SSSR count). The van der Waals surface area contributed by atoms with E-state index in [4.69, 9.17) is 9.47 Å². The molecule has 1 aliphatic heterocycles. The first-order valence-corrected chi connectivity index (χ1v) is 8.58. The molecular formula is C20H25NO3. The van der Waals surface area contributed by atoms with E-state index in [1.165, 1.54) is 10.8 Å². The van der Waals surface area contributed by atoms with Crippen molar-refractivity contribution in [2.24, 2.45) is 0 Å². The molecule has 1 fully saturated rings. The Morgan fingerprint density at radius 1 is 1.17 bits per heavy atom. The molecule has 0 aliphatic carbocycles. The maximum Gasteiger partial charge on any atom is 0.220 e. The summed E-state index contributed by atoms with van der Waals surface area (Å²) in [5, 5.41) is 5.43. The molecule has 1 saturated heterocycles. The summed E-state index contributed by atoms with van der Waals surface area (Å²) in [5.41, 5.74) is 0.924. The van der Waals surface area contributed by atoms with Gasteiger partial charge in [-0.15, -0.1) is 0 Å². The zero-order valence-corrected chi connectivity index (χ0v) is 14.2. The largest absolute Gasteiger partial charge is 0.381 e. The third-order valence-corrected chi connectivity index (χ3v) is 4.95. The standard InChI is InChI=1S/C20H25NO3/c1-23-20(10-12-24-13-11-20)9-8-19(22)21-15-16-6-7-17-4-2-3-5-18(17)14-16/h2-7,14H,8-13,15H2,1H3,(H,21,22). The van der Waals surface area contributed by atoms with Gasteiger partial charge in [-0.25, -0.2) is 0 Å². The fraction of sp³-hybridized carbons (Fsp3) is 0.450. The van der Waals surface area contributed by atoms with Gasteiger partial charge in [-0.1, -0.05) is 36.4 Å². The number of carbonyl (C=O) groups excluding carboxylic acids is 1. The first kappa shape index (κ1) is 16.9. The van der Waals surface area contributed by atoms with E-state index >= 15 is 0 Å². The van der Waals surface area contributed by atoms with Crippen LogP contribution in [0.5, 0.6) is 0 Å². The van der Waals surface area contributed by atoms with Gasteiger partial charge in [0, 0.05) is 33.3 Å². The molecule has 4 heteroatoms. The summed E-state index contributed by atoms with van der Waals surface area (Å²) in [7, 11) is 1.73. The molecule has 0 unspecified atom stereocenters. The minimum Gasteiger partial charge on any atom is -0.381 e. The van der Waals surface area contributed by atoms with Crippen molar-refractivity contribution in [3.8, 4) is 0 Å². The van der Waals surface area contributed by atoms with Crippen molar-refractivity contribution in [2.75, 3.05) is 20.3 Å². The average molecular weight is 327 g/mol. The molecule has 1 amide bonds. The van der Waals surface area contributed by atoms with Crippen LogP contribution in [0.3, 0.4) is 0 Å². The highest BCUT2D eigenvalue weighted by molar-refractivity contribution is 5.83. The fourth-order valence-electron chi connectivity index (χ4n) is 3.28. The van der Waals surface area contributed by atoms with Crippen LogP contribution in [0.25, 0.3) is 10.8 Å². The molecule has 4 nitrogen and oxygen atoms in total. The maximum absolute atomic E-state index is 12.2. The molecule has 0 radical (unpaired) electrons. The van der Waals surface area contributed by atoms with Crippen LogP contribution in [0.4, 0.5) is 0 Å². The summed E-state index contributed by atoms with van der Waals surface area (Å²) in [6.07, 6.45) is 2.96. The van der Waals surface area contributed by atoms with Crippen molar-refractivity contribution in [1.82, 2.24) is 5.32 Å². The van der Waals surface area contributed by atoms with Gasteiger partial charge < -0.3 is 14.8 Å². The molecular weight excluding hydrogens is 302 g/mol. The van der Waals surface area contributed by atoms with Crippen molar-refractivity contribution < 1.29 is 14.3 Å². The van der Waals surface area contributed by atoms with Crippen molar-refractivity contribution in [1.29, 1.82) is 0 Å². The highest BCUT2D eigenvalue weighted by atomic mass is 16.5. The van der Waals surface area contributed by atoms with Gasteiger partial charge >= 0.3 is 0 Å². The third-order valence-electron chi connectivity index (χ3n) is 4.95. The van der Waals surface area contributed by atoms with Gasteiger partial charge in [0.25, 0.3) is 0 Å². The SMILES string of the molecule is COC1(CCC(=O)NCc2ccc3ccccc3c2)CCOCC1. The Bertz CT molecular complexity index is 692. The predicted octanol–water partition coefficient (Wildman–Crippen LogP) is 3.43. The molecule has 0 spiro atoms. The van der Waals surface area contributed by atoms with Crippen LogP contribution in [0.15, 0.2) is 42.5 Å². The highest BCUT2D eigenvalue weighted by Crippen LogP contribution is 2.29. The number of hydrogen-bond acceptors (Lipinski definition) is 3. The lowest BCUT2D eigenvalue weighted by atomic mass is 9.89. The molecule has 128 valence electrons. The summed E-state index contributed by atoms with van der Waals surface area (Å²) < 4.78 is 11.1. The molecule has 1 aliphatic rings. The number of hydrogen-bond donors (Lipinski definition) is 1. The quantitative estimate of drug-likeness (QED) is 0.884. The van der Waals surface area contributed by atoms with E-state index in [0.29, 0.717) is 26.2 Å². The topological polar surface area (TPSA) is 47.6 Å². The van der Waals surface area contributed by atoms with E-state index in [9.17, 15) is 4.79 Å². The molecule has 0 saturated carbocycles. The summed E-state index contributed by atoms with van der Waals surface area (Å²) in [6.45, 7) is 1.99. The monoisotopic (exact) mass is 327 g/mol. The second kappa shape index (κ2) is 7.77. The van der Waals surface area contributed by atoms with E-state index < -0.39 is 0 Å². The van der Waals surface area contributed by atoms with Gasteiger partial charge in [-0.2, -0.15) is 0 Å². The molecule has 0 aromatic heterocycles. The first-order chi connectivity index (χ1) is 11.7. The summed E-state index contributed by atoms with van der Waals surface area (Å²) in [4.78, 5) is 12.2. The highest BCUT2D eigenvalue weighted by Gasteiger charge is 2.32. The summed E-state index contributed by atoms with van der Waals surface area (Å²) in [6, 6.07) is 14.5. The lowest BCUT2D eigenvalue weighted by Gasteiger charge is -2.35. The van der Waals surface area contributed by atoms with Crippen molar-refractivity contribution in [3.05, 3.63) is 48.0 Å². The second-order valence-electron chi connectivity index (χ2n) is 6.46. The zero-order chi connectivity index (χ0) is 16.8. The van der Waals surface area contributed by atoms with Crippen LogP contribution >= 0.6 is 0 Å². The average Bonchev–Trinajstić information content (AvgIpc) is 2.65. The Hall–Kier alpha value is -1.91. The Balaban J connectivity index is 1.51. The molecule has 2 aromatic rings. The van der Waals surface area contributed by atoms with Gasteiger partial charge in [0.2, 0.25) is 5.91 Å². The van der Waals surface area contributed by atoms with Crippen LogP contribution in [0.2, 0.25) is 0 Å². The number of methoxy groups -OCH3 is 1. The van der Waals surface area contributed by atoms with Gasteiger partial charge in [0.15, 0.2) is 0 Å². The maximum atomic E-state index is 12.2. The summed E-state index contributed by atoms with van der Waals surface area (Å²) in [5.74, 6) is 0.0751. The van der Waals surface area contributed by atoms with Crippen molar-refractivity contribution in [2.45, 2.75) is 37.8 Å². The summed E-state index contributed by atoms with van der Waals surface area (Å²) >= 11 is 0. The Morgan fingerprint density at radius 3 is 2.67 bits per heavy atom. The Morgan fingerprint density at radius 2 is 1.92 bits per heavy atom. The number of ether oxygens (including phenoxy) is 2. The van der Waals surface area contributed by atoms with Crippen LogP contribution < -0.4 is 5.32 Å². The number of fused-ring (bicyclic) bond motifs is 1. The smallest absolute Gasteiger partial charge is 0.220 e. The Labute approximate surface area is 143 Å². The minimum atomic E-state index is -0.196. The molecule has 24 heavy (non-hydrogen) atoms.